The Labute approximate surface area is 58.9 Å². The first-order valence-corrected chi connectivity index (χ1v) is 3.40. The fourth-order valence-corrected chi connectivity index (χ4v) is 1.14. The van der Waals surface area contributed by atoms with Crippen molar-refractivity contribution < 1.29 is 0 Å². The van der Waals surface area contributed by atoms with Crippen molar-refractivity contribution in [3.63, 3.8) is 0 Å². The van der Waals surface area contributed by atoms with E-state index in [0.717, 1.165) is 12.2 Å². The van der Waals surface area contributed by atoms with Gasteiger partial charge in [-0.25, -0.2) is 4.52 Å². The lowest BCUT2D eigenvalue weighted by Gasteiger charge is -1.93. The van der Waals surface area contributed by atoms with Crippen LogP contribution >= 0.6 is 0 Å². The quantitative estimate of drug-likeness (QED) is 0.575. The maximum Gasteiger partial charge on any atom is 0.135 e. The van der Waals surface area contributed by atoms with Crippen molar-refractivity contribution >= 4 is 5.65 Å². The van der Waals surface area contributed by atoms with E-state index in [9.17, 15) is 0 Å². The first-order chi connectivity index (χ1) is 4.92. The molecule has 0 amide bonds. The van der Waals surface area contributed by atoms with Crippen LogP contribution in [-0.4, -0.2) is 14.2 Å². The molecule has 0 N–H and O–H groups in total. The second kappa shape index (κ2) is 1.87. The third-order valence-electron chi connectivity index (χ3n) is 1.67. The number of hydrogen-bond donors (Lipinski definition) is 0. The van der Waals surface area contributed by atoms with Crippen LogP contribution in [0.2, 0.25) is 0 Å². The first-order valence-electron chi connectivity index (χ1n) is 3.40. The highest BCUT2D eigenvalue weighted by Gasteiger charge is 1.96. The van der Waals surface area contributed by atoms with E-state index in [-0.39, 0.29) is 0 Å². The maximum absolute atomic E-state index is 4.08. The predicted octanol–water partition coefficient (Wildman–Crippen LogP) is 1.16. The van der Waals surface area contributed by atoms with Crippen LogP contribution in [0, 0.1) is 0 Å². The Hall–Kier alpha value is -1.25. The van der Waals surface area contributed by atoms with E-state index in [1.807, 2.05) is 29.2 Å². The predicted molar refractivity (Wildman–Crippen MR) is 38.9 cm³/mol. The molecule has 0 aromatic carbocycles. The molecule has 0 unspecified atom stereocenters. The standard InChI is InChI=1S/C7H9N3/c1-2-9-5-6-10-7(9)3-4-8-10/h3-6H,2H2,1H3. The topological polar surface area (TPSA) is 22.2 Å². The zero-order valence-corrected chi connectivity index (χ0v) is 5.86. The van der Waals surface area contributed by atoms with Crippen molar-refractivity contribution in [1.82, 2.24) is 14.2 Å². The van der Waals surface area contributed by atoms with Gasteiger partial charge in [0.15, 0.2) is 0 Å². The van der Waals surface area contributed by atoms with Crippen molar-refractivity contribution in [3.8, 4) is 0 Å². The number of aromatic nitrogens is 3. The fourth-order valence-electron chi connectivity index (χ4n) is 1.14. The zero-order valence-electron chi connectivity index (χ0n) is 5.86. The number of aryl methyl sites for hydroxylation is 1. The summed E-state index contributed by atoms with van der Waals surface area (Å²) in [5.41, 5.74) is 1.16. The van der Waals surface area contributed by atoms with Crippen molar-refractivity contribution in [2.24, 2.45) is 0 Å². The highest BCUT2D eigenvalue weighted by molar-refractivity contribution is 5.37. The average Bonchev–Trinajstić information content (AvgIpc) is 2.44. The summed E-state index contributed by atoms with van der Waals surface area (Å²) in [7, 11) is 0. The minimum Gasteiger partial charge on any atom is -0.332 e. The Balaban J connectivity index is 2.76. The molecule has 2 aromatic heterocycles. The zero-order chi connectivity index (χ0) is 6.97. The third kappa shape index (κ3) is 0.572. The van der Waals surface area contributed by atoms with Crippen molar-refractivity contribution in [2.45, 2.75) is 13.5 Å². The van der Waals surface area contributed by atoms with E-state index in [4.69, 9.17) is 0 Å². The van der Waals surface area contributed by atoms with E-state index in [1.54, 1.807) is 0 Å². The van der Waals surface area contributed by atoms with Crippen LogP contribution in [0.4, 0.5) is 0 Å². The van der Waals surface area contributed by atoms with Gasteiger partial charge in [-0.15, -0.1) is 0 Å². The lowest BCUT2D eigenvalue weighted by Crippen LogP contribution is -1.90. The van der Waals surface area contributed by atoms with Crippen LogP contribution in [0.5, 0.6) is 0 Å². The summed E-state index contributed by atoms with van der Waals surface area (Å²) < 4.78 is 4.01. The summed E-state index contributed by atoms with van der Waals surface area (Å²) >= 11 is 0. The molecule has 0 aliphatic heterocycles. The molecule has 3 nitrogen and oxygen atoms in total. The summed E-state index contributed by atoms with van der Waals surface area (Å²) in [6.45, 7) is 3.12. The van der Waals surface area contributed by atoms with Crippen molar-refractivity contribution in [1.29, 1.82) is 0 Å². The molecule has 3 heteroatoms. The molecule has 2 rings (SSSR count). The molecule has 0 atom stereocenters. The van der Waals surface area contributed by atoms with E-state index >= 15 is 0 Å². The van der Waals surface area contributed by atoms with Gasteiger partial charge in [0.05, 0.1) is 6.20 Å². The molecule has 0 fully saturated rings. The molecular formula is C7H9N3. The van der Waals surface area contributed by atoms with Gasteiger partial charge in [-0.2, -0.15) is 5.10 Å². The van der Waals surface area contributed by atoms with Crippen LogP contribution in [0.1, 0.15) is 6.92 Å². The lowest BCUT2D eigenvalue weighted by molar-refractivity contribution is 0.789. The van der Waals surface area contributed by atoms with Gasteiger partial charge >= 0.3 is 0 Å². The number of nitrogens with zero attached hydrogens (tertiary/aromatic N) is 3. The number of fused-ring (bicyclic) bond motifs is 1. The summed E-state index contributed by atoms with van der Waals surface area (Å²) in [6, 6.07) is 2.00. The van der Waals surface area contributed by atoms with E-state index in [0.29, 0.717) is 0 Å². The van der Waals surface area contributed by atoms with E-state index in [1.165, 1.54) is 0 Å². The molecule has 0 saturated heterocycles. The summed E-state index contributed by atoms with van der Waals surface area (Å²) in [5.74, 6) is 0. The van der Waals surface area contributed by atoms with E-state index < -0.39 is 0 Å². The maximum atomic E-state index is 4.08. The molecule has 52 valence electrons. The van der Waals surface area contributed by atoms with Gasteiger partial charge < -0.3 is 4.57 Å². The average molecular weight is 135 g/mol. The monoisotopic (exact) mass is 135 g/mol. The molecular weight excluding hydrogens is 126 g/mol. The lowest BCUT2D eigenvalue weighted by atomic mass is 10.6. The molecule has 0 saturated carbocycles. The van der Waals surface area contributed by atoms with Gasteiger partial charge in [0.2, 0.25) is 0 Å². The Morgan fingerprint density at radius 2 is 2.40 bits per heavy atom. The number of hydrogen-bond acceptors (Lipinski definition) is 1. The molecule has 0 aliphatic rings. The van der Waals surface area contributed by atoms with Gasteiger partial charge in [-0.3, -0.25) is 0 Å². The van der Waals surface area contributed by atoms with Crippen molar-refractivity contribution in [3.05, 3.63) is 24.7 Å². The van der Waals surface area contributed by atoms with Gasteiger partial charge in [-0.1, -0.05) is 0 Å². The van der Waals surface area contributed by atoms with E-state index in [2.05, 4.69) is 16.6 Å². The van der Waals surface area contributed by atoms with Crippen LogP contribution in [-0.2, 0) is 6.54 Å². The van der Waals surface area contributed by atoms with Crippen LogP contribution in [0.3, 0.4) is 0 Å². The molecule has 2 heterocycles. The van der Waals surface area contributed by atoms with Gasteiger partial charge in [-0.05, 0) is 6.92 Å². The van der Waals surface area contributed by atoms with Crippen LogP contribution in [0.15, 0.2) is 24.7 Å². The Kier molecular flexibility index (Phi) is 1.03. The highest BCUT2D eigenvalue weighted by atomic mass is 15.3. The number of imidazole rings is 1. The van der Waals surface area contributed by atoms with Crippen LogP contribution in [0.25, 0.3) is 5.65 Å². The van der Waals surface area contributed by atoms with Gasteiger partial charge in [0.25, 0.3) is 0 Å². The normalized spacial score (nSPS) is 10.9. The molecule has 0 spiro atoms. The molecule has 0 bridgehead atoms. The summed E-state index contributed by atoms with van der Waals surface area (Å²) in [6.07, 6.45) is 5.79. The fraction of sp³-hybridized carbons (Fsp3) is 0.286. The Morgan fingerprint density at radius 3 is 3.20 bits per heavy atom. The first kappa shape index (κ1) is 5.53. The third-order valence-corrected chi connectivity index (χ3v) is 1.67. The molecule has 0 radical (unpaired) electrons. The molecule has 0 aliphatic carbocycles. The highest BCUT2D eigenvalue weighted by Crippen LogP contribution is 2.02. The number of rotatable bonds is 1. The Morgan fingerprint density at radius 1 is 1.50 bits per heavy atom. The second-order valence-electron chi connectivity index (χ2n) is 2.22. The Bertz CT molecular complexity index is 331. The van der Waals surface area contributed by atoms with Gasteiger partial charge in [0.1, 0.15) is 5.65 Å². The van der Waals surface area contributed by atoms with Crippen LogP contribution < -0.4 is 0 Å². The van der Waals surface area contributed by atoms with Gasteiger partial charge in [0, 0.05) is 25.0 Å². The molecule has 2 aromatic rings. The van der Waals surface area contributed by atoms with Crippen molar-refractivity contribution in [2.75, 3.05) is 0 Å². The molecule has 10 heavy (non-hydrogen) atoms. The summed E-state index contributed by atoms with van der Waals surface area (Å²) in [4.78, 5) is 0. The second-order valence-corrected chi connectivity index (χ2v) is 2.22. The smallest absolute Gasteiger partial charge is 0.135 e. The minimum atomic E-state index is 1.00. The summed E-state index contributed by atoms with van der Waals surface area (Å²) in [5, 5.41) is 4.08. The SMILES string of the molecule is CCn1ccn2nccc12. The largest absolute Gasteiger partial charge is 0.332 e. The minimum absolute atomic E-state index is 1.00.